The number of benzene rings is 2. The molecule has 0 unspecified atom stereocenters. The zero-order valence-corrected chi connectivity index (χ0v) is 20.6. The number of aromatic nitrogens is 3. The van der Waals surface area contributed by atoms with Crippen molar-refractivity contribution >= 4 is 29.3 Å². The molecule has 1 heterocycles. The SMILES string of the molecule is CCCNC(=O)CCCCc1nnc(SCc2cc(C)cc(C)c2)n1-c1cccc(Cl)c1. The molecule has 0 saturated heterocycles. The van der Waals surface area contributed by atoms with Gasteiger partial charge in [-0.2, -0.15) is 0 Å². The van der Waals surface area contributed by atoms with E-state index in [9.17, 15) is 4.79 Å². The molecule has 1 N–H and O–H groups in total. The minimum absolute atomic E-state index is 0.118. The van der Waals surface area contributed by atoms with Crippen LogP contribution in [0.4, 0.5) is 0 Å². The van der Waals surface area contributed by atoms with Gasteiger partial charge in [0.15, 0.2) is 5.16 Å². The van der Waals surface area contributed by atoms with Crippen LogP contribution < -0.4 is 5.32 Å². The maximum Gasteiger partial charge on any atom is 0.219 e. The van der Waals surface area contributed by atoms with Crippen LogP contribution in [0.1, 0.15) is 55.1 Å². The molecule has 0 atom stereocenters. The van der Waals surface area contributed by atoms with Crippen molar-refractivity contribution in [1.29, 1.82) is 0 Å². The second-order valence-corrected chi connectivity index (χ2v) is 9.43. The summed E-state index contributed by atoms with van der Waals surface area (Å²) in [5.41, 5.74) is 4.76. The summed E-state index contributed by atoms with van der Waals surface area (Å²) in [6.45, 7) is 7.04. The molecule has 5 nitrogen and oxygen atoms in total. The van der Waals surface area contributed by atoms with Crippen molar-refractivity contribution in [2.45, 2.75) is 63.8 Å². The molecule has 0 aliphatic carbocycles. The first kappa shape index (κ1) is 24.3. The van der Waals surface area contributed by atoms with E-state index < -0.39 is 0 Å². The summed E-state index contributed by atoms with van der Waals surface area (Å²) in [5, 5.41) is 13.4. The van der Waals surface area contributed by atoms with Crippen LogP contribution in [0.5, 0.6) is 0 Å². The molecule has 1 aromatic heterocycles. The van der Waals surface area contributed by atoms with Gasteiger partial charge < -0.3 is 5.32 Å². The van der Waals surface area contributed by atoms with Crippen LogP contribution in [-0.2, 0) is 17.0 Å². The van der Waals surface area contributed by atoms with E-state index in [1.54, 1.807) is 11.8 Å². The molecule has 32 heavy (non-hydrogen) atoms. The molecule has 2 aromatic carbocycles. The third-order valence-corrected chi connectivity index (χ3v) is 6.28. The monoisotopic (exact) mass is 470 g/mol. The average molecular weight is 471 g/mol. The van der Waals surface area contributed by atoms with Crippen molar-refractivity contribution in [2.24, 2.45) is 0 Å². The van der Waals surface area contributed by atoms with Gasteiger partial charge in [0, 0.05) is 30.2 Å². The average Bonchev–Trinajstić information content (AvgIpc) is 3.16. The van der Waals surface area contributed by atoms with Crippen LogP contribution in [-0.4, -0.2) is 27.2 Å². The third-order valence-electron chi connectivity index (χ3n) is 5.04. The van der Waals surface area contributed by atoms with Gasteiger partial charge in [0.1, 0.15) is 5.82 Å². The van der Waals surface area contributed by atoms with E-state index in [0.717, 1.165) is 54.6 Å². The minimum Gasteiger partial charge on any atom is -0.356 e. The Kier molecular flexibility index (Phi) is 9.18. The lowest BCUT2D eigenvalue weighted by molar-refractivity contribution is -0.121. The first-order valence-corrected chi connectivity index (χ1v) is 12.5. The van der Waals surface area contributed by atoms with Crippen LogP contribution in [0.15, 0.2) is 47.6 Å². The number of amides is 1. The van der Waals surface area contributed by atoms with E-state index in [-0.39, 0.29) is 5.91 Å². The van der Waals surface area contributed by atoms with Gasteiger partial charge in [-0.25, -0.2) is 0 Å². The zero-order chi connectivity index (χ0) is 22.9. The normalized spacial score (nSPS) is 11.0. The fourth-order valence-electron chi connectivity index (χ4n) is 3.65. The molecule has 0 bridgehead atoms. The Hall–Kier alpha value is -2.31. The molecule has 0 spiro atoms. The predicted molar refractivity (Wildman–Crippen MR) is 133 cm³/mol. The lowest BCUT2D eigenvalue weighted by Gasteiger charge is -2.11. The van der Waals surface area contributed by atoms with Gasteiger partial charge >= 0.3 is 0 Å². The van der Waals surface area contributed by atoms with Gasteiger partial charge in [-0.1, -0.05) is 65.7 Å². The third kappa shape index (κ3) is 7.10. The molecule has 0 saturated carbocycles. The van der Waals surface area contributed by atoms with Crippen LogP contribution in [0.3, 0.4) is 0 Å². The Bertz CT molecular complexity index is 1030. The van der Waals surface area contributed by atoms with Crippen molar-refractivity contribution in [3.8, 4) is 5.69 Å². The van der Waals surface area contributed by atoms with E-state index in [4.69, 9.17) is 11.6 Å². The number of aryl methyl sites for hydroxylation is 3. The van der Waals surface area contributed by atoms with Crippen molar-refractivity contribution < 1.29 is 4.79 Å². The molecular weight excluding hydrogens is 440 g/mol. The minimum atomic E-state index is 0.118. The Morgan fingerprint density at radius 1 is 1.09 bits per heavy atom. The molecule has 0 aliphatic heterocycles. The number of halogens is 1. The number of rotatable bonds is 11. The molecular formula is C25H31ClN4OS. The molecule has 3 rings (SSSR count). The summed E-state index contributed by atoms with van der Waals surface area (Å²) in [6, 6.07) is 14.4. The predicted octanol–water partition coefficient (Wildman–Crippen LogP) is 6.07. The highest BCUT2D eigenvalue weighted by Gasteiger charge is 2.15. The van der Waals surface area contributed by atoms with Crippen LogP contribution in [0.25, 0.3) is 5.69 Å². The number of unbranched alkanes of at least 4 members (excludes halogenated alkanes) is 1. The van der Waals surface area contributed by atoms with E-state index in [1.165, 1.54) is 16.7 Å². The molecule has 0 fully saturated rings. The summed E-state index contributed by atoms with van der Waals surface area (Å²) in [7, 11) is 0. The summed E-state index contributed by atoms with van der Waals surface area (Å²) >= 11 is 7.95. The van der Waals surface area contributed by atoms with Gasteiger partial charge in [0.25, 0.3) is 0 Å². The number of nitrogens with zero attached hydrogens (tertiary/aromatic N) is 3. The fraction of sp³-hybridized carbons (Fsp3) is 0.400. The highest BCUT2D eigenvalue weighted by atomic mass is 35.5. The number of thioether (sulfide) groups is 1. The first-order valence-electron chi connectivity index (χ1n) is 11.1. The Morgan fingerprint density at radius 3 is 2.59 bits per heavy atom. The van der Waals surface area contributed by atoms with E-state index in [0.29, 0.717) is 11.4 Å². The molecule has 170 valence electrons. The fourth-order valence-corrected chi connectivity index (χ4v) is 4.74. The standard InChI is InChI=1S/C25H31ClN4OS/c1-4-12-27-24(31)11-6-5-10-23-28-29-25(30(23)22-9-7-8-21(26)16-22)32-17-20-14-18(2)13-19(3)15-20/h7-9,13-16H,4-6,10-12,17H2,1-3H3,(H,27,31). The Labute approximate surface area is 200 Å². The second kappa shape index (κ2) is 12.1. The highest BCUT2D eigenvalue weighted by molar-refractivity contribution is 7.98. The maximum absolute atomic E-state index is 11.8. The van der Waals surface area contributed by atoms with Gasteiger partial charge in [0.05, 0.1) is 5.69 Å². The number of nitrogens with one attached hydrogen (secondary N) is 1. The number of hydrogen-bond acceptors (Lipinski definition) is 4. The maximum atomic E-state index is 11.8. The van der Waals surface area contributed by atoms with Gasteiger partial charge in [0.2, 0.25) is 5.91 Å². The number of carbonyl (C=O) groups excluding carboxylic acids is 1. The van der Waals surface area contributed by atoms with E-state index in [2.05, 4.69) is 59.1 Å². The summed E-state index contributed by atoms with van der Waals surface area (Å²) < 4.78 is 2.09. The van der Waals surface area contributed by atoms with Gasteiger partial charge in [-0.15, -0.1) is 10.2 Å². The Morgan fingerprint density at radius 2 is 1.88 bits per heavy atom. The van der Waals surface area contributed by atoms with Crippen LogP contribution in [0, 0.1) is 13.8 Å². The van der Waals surface area contributed by atoms with Crippen LogP contribution in [0.2, 0.25) is 5.02 Å². The lowest BCUT2D eigenvalue weighted by Crippen LogP contribution is -2.23. The number of hydrogen-bond donors (Lipinski definition) is 1. The van der Waals surface area contributed by atoms with Gasteiger partial charge in [-0.3, -0.25) is 9.36 Å². The van der Waals surface area contributed by atoms with Crippen molar-refractivity contribution in [2.75, 3.05) is 6.54 Å². The number of carbonyl (C=O) groups is 1. The molecule has 0 aliphatic rings. The summed E-state index contributed by atoms with van der Waals surface area (Å²) in [5.74, 6) is 1.83. The molecule has 0 radical (unpaired) electrons. The first-order chi connectivity index (χ1) is 15.5. The Balaban J connectivity index is 1.72. The van der Waals surface area contributed by atoms with E-state index in [1.807, 2.05) is 24.3 Å². The molecule has 3 aromatic rings. The highest BCUT2D eigenvalue weighted by Crippen LogP contribution is 2.27. The van der Waals surface area contributed by atoms with Crippen LogP contribution >= 0.6 is 23.4 Å². The largest absolute Gasteiger partial charge is 0.356 e. The van der Waals surface area contributed by atoms with Crippen molar-refractivity contribution in [3.63, 3.8) is 0 Å². The molecule has 1 amide bonds. The molecule has 7 heteroatoms. The quantitative estimate of drug-likeness (QED) is 0.273. The van der Waals surface area contributed by atoms with Crippen molar-refractivity contribution in [3.05, 3.63) is 70.0 Å². The van der Waals surface area contributed by atoms with Crippen molar-refractivity contribution in [1.82, 2.24) is 20.1 Å². The zero-order valence-electron chi connectivity index (χ0n) is 19.0. The van der Waals surface area contributed by atoms with E-state index >= 15 is 0 Å². The lowest BCUT2D eigenvalue weighted by atomic mass is 10.1. The summed E-state index contributed by atoms with van der Waals surface area (Å²) in [6.07, 6.45) is 3.95. The second-order valence-electron chi connectivity index (χ2n) is 8.06. The smallest absolute Gasteiger partial charge is 0.219 e. The topological polar surface area (TPSA) is 59.8 Å². The van der Waals surface area contributed by atoms with Gasteiger partial charge in [-0.05, 0) is 56.9 Å². The summed E-state index contributed by atoms with van der Waals surface area (Å²) in [4.78, 5) is 11.8.